The van der Waals surface area contributed by atoms with E-state index >= 15 is 0 Å². The molecule has 0 bridgehead atoms. The van der Waals surface area contributed by atoms with Crippen LogP contribution in [0, 0.1) is 5.41 Å². The summed E-state index contributed by atoms with van der Waals surface area (Å²) in [6, 6.07) is 15.3. The maximum Gasteiger partial charge on any atom is 0.226 e. The fraction of sp³-hybridized carbons (Fsp3) is 0.280. The molecule has 0 unspecified atom stereocenters. The number of hydrogen-bond donors (Lipinski definition) is 0. The summed E-state index contributed by atoms with van der Waals surface area (Å²) >= 11 is 12.5. The van der Waals surface area contributed by atoms with Gasteiger partial charge in [-0.05, 0) is 55.0 Å². The van der Waals surface area contributed by atoms with Gasteiger partial charge in [-0.1, -0.05) is 55.2 Å². The molecule has 1 aliphatic carbocycles. The molecule has 5 rings (SSSR count). The second kappa shape index (κ2) is 7.85. The van der Waals surface area contributed by atoms with E-state index in [1.54, 1.807) is 0 Å². The predicted octanol–water partition coefficient (Wildman–Crippen LogP) is 6.82. The Bertz CT molecular complexity index is 1260. The van der Waals surface area contributed by atoms with Crippen molar-refractivity contribution in [1.29, 1.82) is 0 Å². The highest BCUT2D eigenvalue weighted by molar-refractivity contribution is 6.31. The molecule has 0 aliphatic heterocycles. The minimum atomic E-state index is 0.228. The van der Waals surface area contributed by atoms with E-state index in [0.29, 0.717) is 22.5 Å². The molecular weight excluding hydrogens is 429 g/mol. The molecule has 1 aliphatic rings. The van der Waals surface area contributed by atoms with Gasteiger partial charge in [0.2, 0.25) is 5.88 Å². The average Bonchev–Trinajstić information content (AvgIpc) is 3.12. The molecule has 0 N–H and O–H groups in total. The SMILES string of the molecule is CC1(C)CCc2ncc3c(OCc4ccccc4Cl)n(-c4ccc(Cl)cc4)nc3c2C1. The van der Waals surface area contributed by atoms with Crippen LogP contribution in [0.3, 0.4) is 0 Å². The van der Waals surface area contributed by atoms with E-state index in [1.807, 2.05) is 59.4 Å². The molecule has 2 heterocycles. The number of rotatable bonds is 4. The molecule has 0 radical (unpaired) electrons. The number of pyridine rings is 1. The van der Waals surface area contributed by atoms with Gasteiger partial charge in [-0.3, -0.25) is 4.98 Å². The second-order valence-electron chi connectivity index (χ2n) is 8.86. The normalized spacial score (nSPS) is 15.1. The van der Waals surface area contributed by atoms with Gasteiger partial charge in [-0.2, -0.15) is 9.78 Å². The molecular formula is C25H23Cl2N3O. The number of aryl methyl sites for hydroxylation is 1. The molecule has 158 valence electrons. The van der Waals surface area contributed by atoms with Crippen LogP contribution in [0.5, 0.6) is 5.88 Å². The van der Waals surface area contributed by atoms with Crippen molar-refractivity contribution in [2.24, 2.45) is 5.41 Å². The molecule has 31 heavy (non-hydrogen) atoms. The summed E-state index contributed by atoms with van der Waals surface area (Å²) in [4.78, 5) is 4.79. The molecule has 0 saturated carbocycles. The van der Waals surface area contributed by atoms with Gasteiger partial charge in [-0.25, -0.2) is 0 Å². The highest BCUT2D eigenvalue weighted by Crippen LogP contribution is 2.39. The number of aromatic nitrogens is 3. The van der Waals surface area contributed by atoms with Gasteiger partial charge in [0.1, 0.15) is 12.1 Å². The zero-order valence-corrected chi connectivity index (χ0v) is 19.0. The maximum absolute atomic E-state index is 6.35. The van der Waals surface area contributed by atoms with Crippen molar-refractivity contribution in [3.63, 3.8) is 0 Å². The van der Waals surface area contributed by atoms with Crippen LogP contribution < -0.4 is 4.74 Å². The summed E-state index contributed by atoms with van der Waals surface area (Å²) in [5.74, 6) is 0.663. The molecule has 0 atom stereocenters. The van der Waals surface area contributed by atoms with Crippen LogP contribution in [0.2, 0.25) is 10.0 Å². The van der Waals surface area contributed by atoms with E-state index in [2.05, 4.69) is 13.8 Å². The van der Waals surface area contributed by atoms with Crippen LogP contribution >= 0.6 is 23.2 Å². The van der Waals surface area contributed by atoms with Crippen molar-refractivity contribution in [3.8, 4) is 11.6 Å². The van der Waals surface area contributed by atoms with E-state index in [-0.39, 0.29) is 5.41 Å². The predicted molar refractivity (Wildman–Crippen MR) is 125 cm³/mol. The van der Waals surface area contributed by atoms with Crippen LogP contribution in [0.25, 0.3) is 16.6 Å². The summed E-state index contributed by atoms with van der Waals surface area (Å²) in [6.45, 7) is 4.95. The lowest BCUT2D eigenvalue weighted by atomic mass is 9.75. The van der Waals surface area contributed by atoms with Crippen molar-refractivity contribution in [1.82, 2.24) is 14.8 Å². The number of benzene rings is 2. The second-order valence-corrected chi connectivity index (χ2v) is 9.70. The summed E-state index contributed by atoms with van der Waals surface area (Å²) in [6.07, 6.45) is 4.95. The first-order valence-electron chi connectivity index (χ1n) is 10.4. The Hall–Kier alpha value is -2.56. The topological polar surface area (TPSA) is 39.9 Å². The Morgan fingerprint density at radius 3 is 2.61 bits per heavy atom. The molecule has 4 aromatic rings. The Balaban J connectivity index is 1.65. The summed E-state index contributed by atoms with van der Waals surface area (Å²) in [5, 5.41) is 7.28. The lowest BCUT2D eigenvalue weighted by molar-refractivity contribution is 0.288. The Kier molecular flexibility index (Phi) is 5.15. The zero-order valence-electron chi connectivity index (χ0n) is 17.5. The fourth-order valence-corrected chi connectivity index (χ4v) is 4.51. The number of halogens is 2. The van der Waals surface area contributed by atoms with Crippen LogP contribution in [-0.4, -0.2) is 14.8 Å². The minimum Gasteiger partial charge on any atom is -0.472 e. The van der Waals surface area contributed by atoms with Crippen LogP contribution in [-0.2, 0) is 19.4 Å². The zero-order chi connectivity index (χ0) is 21.6. The summed E-state index contributed by atoms with van der Waals surface area (Å²) in [5.41, 5.74) is 5.37. The van der Waals surface area contributed by atoms with Crippen molar-refractivity contribution in [3.05, 3.63) is 81.6 Å². The largest absolute Gasteiger partial charge is 0.472 e. The molecule has 6 heteroatoms. The van der Waals surface area contributed by atoms with E-state index in [1.165, 1.54) is 5.56 Å². The highest BCUT2D eigenvalue weighted by atomic mass is 35.5. The first kappa shape index (κ1) is 20.3. The Morgan fingerprint density at radius 1 is 1.06 bits per heavy atom. The van der Waals surface area contributed by atoms with Gasteiger partial charge in [-0.15, -0.1) is 0 Å². The molecule has 0 fully saturated rings. The van der Waals surface area contributed by atoms with Crippen molar-refractivity contribution >= 4 is 34.1 Å². The monoisotopic (exact) mass is 451 g/mol. The van der Waals surface area contributed by atoms with Crippen LogP contribution in [0.15, 0.2) is 54.7 Å². The first-order valence-corrected chi connectivity index (χ1v) is 11.2. The highest BCUT2D eigenvalue weighted by Gasteiger charge is 2.30. The molecule has 4 nitrogen and oxygen atoms in total. The van der Waals surface area contributed by atoms with E-state index < -0.39 is 0 Å². The lowest BCUT2D eigenvalue weighted by Gasteiger charge is -2.30. The van der Waals surface area contributed by atoms with E-state index in [4.69, 9.17) is 38.0 Å². The van der Waals surface area contributed by atoms with Crippen molar-refractivity contribution < 1.29 is 4.74 Å². The number of nitrogens with zero attached hydrogens (tertiary/aromatic N) is 3. The van der Waals surface area contributed by atoms with Crippen molar-refractivity contribution in [2.45, 2.75) is 39.7 Å². The fourth-order valence-electron chi connectivity index (χ4n) is 4.19. The van der Waals surface area contributed by atoms with Crippen molar-refractivity contribution in [2.75, 3.05) is 0 Å². The average molecular weight is 452 g/mol. The van der Waals surface area contributed by atoms with E-state index in [0.717, 1.165) is 47.1 Å². The van der Waals surface area contributed by atoms with Gasteiger partial charge < -0.3 is 4.74 Å². The standard InChI is InChI=1S/C25H23Cl2N3O/c1-25(2)12-11-22-19(13-25)23-20(14-28-22)24(31-15-16-5-3-4-6-21(16)27)30(29-23)18-9-7-17(26)8-10-18/h3-10,14H,11-13,15H2,1-2H3. The van der Waals surface area contributed by atoms with Gasteiger partial charge in [0, 0.05) is 33.1 Å². The quantitative estimate of drug-likeness (QED) is 0.341. The number of fused-ring (bicyclic) bond motifs is 3. The molecule has 0 spiro atoms. The Labute approximate surface area is 191 Å². The van der Waals surface area contributed by atoms with Gasteiger partial charge in [0.05, 0.1) is 11.1 Å². The Morgan fingerprint density at radius 2 is 1.84 bits per heavy atom. The number of hydrogen-bond acceptors (Lipinski definition) is 3. The third-order valence-corrected chi connectivity index (χ3v) is 6.57. The third kappa shape index (κ3) is 3.90. The lowest BCUT2D eigenvalue weighted by Crippen LogP contribution is -2.23. The first-order chi connectivity index (χ1) is 14.9. The third-order valence-electron chi connectivity index (χ3n) is 5.95. The smallest absolute Gasteiger partial charge is 0.226 e. The van der Waals surface area contributed by atoms with Crippen LogP contribution in [0.1, 0.15) is 37.1 Å². The van der Waals surface area contributed by atoms with Crippen LogP contribution in [0.4, 0.5) is 0 Å². The maximum atomic E-state index is 6.35. The van der Waals surface area contributed by atoms with E-state index in [9.17, 15) is 0 Å². The summed E-state index contributed by atoms with van der Waals surface area (Å²) < 4.78 is 8.18. The van der Waals surface area contributed by atoms with Gasteiger partial charge in [0.15, 0.2) is 0 Å². The summed E-state index contributed by atoms with van der Waals surface area (Å²) in [7, 11) is 0. The molecule has 0 saturated heterocycles. The number of ether oxygens (including phenoxy) is 1. The molecule has 0 amide bonds. The molecule has 2 aromatic carbocycles. The minimum absolute atomic E-state index is 0.228. The molecule has 2 aromatic heterocycles. The van der Waals surface area contributed by atoms with Gasteiger partial charge >= 0.3 is 0 Å². The van der Waals surface area contributed by atoms with Gasteiger partial charge in [0.25, 0.3) is 0 Å².